The monoisotopic (exact) mass is 310 g/mol. The van der Waals surface area contributed by atoms with E-state index in [0.29, 0.717) is 5.54 Å². The minimum atomic E-state index is 0.327. The number of rotatable bonds is 4. The molecule has 0 amide bonds. The maximum absolute atomic E-state index is 3.71. The number of hydrogen-bond donors (Lipinski definition) is 1. The van der Waals surface area contributed by atoms with Crippen molar-refractivity contribution in [2.45, 2.75) is 38.8 Å². The molecule has 0 bridgehead atoms. The summed E-state index contributed by atoms with van der Waals surface area (Å²) in [5.74, 6) is 0. The Bertz CT molecular complexity index is 371. The molecular formula is C15H23BrN2. The molecule has 0 unspecified atom stereocenters. The molecule has 0 spiro atoms. The highest BCUT2D eigenvalue weighted by molar-refractivity contribution is 9.10. The first-order valence-corrected chi connectivity index (χ1v) is 7.68. The SMILES string of the molecule is CCC1(CC)CN(Cc2ccc(Br)cc2)CCN1. The molecule has 0 aromatic heterocycles. The summed E-state index contributed by atoms with van der Waals surface area (Å²) in [6.45, 7) is 9.07. The lowest BCUT2D eigenvalue weighted by molar-refractivity contribution is 0.118. The standard InChI is InChI=1S/C15H23BrN2/c1-3-15(4-2)12-18(10-9-17-15)11-13-5-7-14(16)8-6-13/h5-8,17H,3-4,9-12H2,1-2H3. The van der Waals surface area contributed by atoms with Crippen LogP contribution in [-0.2, 0) is 6.54 Å². The largest absolute Gasteiger partial charge is 0.309 e. The van der Waals surface area contributed by atoms with Crippen molar-refractivity contribution in [2.24, 2.45) is 0 Å². The zero-order chi connectivity index (χ0) is 13.0. The molecular weight excluding hydrogens is 288 g/mol. The summed E-state index contributed by atoms with van der Waals surface area (Å²) in [7, 11) is 0. The molecule has 0 radical (unpaired) electrons. The summed E-state index contributed by atoms with van der Waals surface area (Å²) >= 11 is 3.49. The molecule has 0 atom stereocenters. The second-order valence-corrected chi connectivity index (χ2v) is 6.17. The van der Waals surface area contributed by atoms with Crippen LogP contribution in [0.5, 0.6) is 0 Å². The van der Waals surface area contributed by atoms with Gasteiger partial charge in [0.05, 0.1) is 0 Å². The van der Waals surface area contributed by atoms with E-state index in [2.05, 4.69) is 64.3 Å². The Kier molecular flexibility index (Phi) is 4.82. The number of halogens is 1. The number of benzene rings is 1. The number of nitrogens with one attached hydrogen (secondary N) is 1. The van der Waals surface area contributed by atoms with E-state index in [1.54, 1.807) is 0 Å². The van der Waals surface area contributed by atoms with E-state index >= 15 is 0 Å². The van der Waals surface area contributed by atoms with Gasteiger partial charge in [0, 0.05) is 36.2 Å². The van der Waals surface area contributed by atoms with Crippen LogP contribution in [-0.4, -0.2) is 30.1 Å². The fourth-order valence-corrected chi connectivity index (χ4v) is 3.01. The Morgan fingerprint density at radius 2 is 1.89 bits per heavy atom. The topological polar surface area (TPSA) is 15.3 Å². The molecule has 0 aliphatic carbocycles. The van der Waals surface area contributed by atoms with Gasteiger partial charge in [-0.15, -0.1) is 0 Å². The van der Waals surface area contributed by atoms with Crippen LogP contribution in [0.3, 0.4) is 0 Å². The molecule has 1 aliphatic rings. The maximum atomic E-state index is 3.71. The molecule has 2 nitrogen and oxygen atoms in total. The van der Waals surface area contributed by atoms with Crippen LogP contribution in [0.15, 0.2) is 28.7 Å². The van der Waals surface area contributed by atoms with Crippen LogP contribution >= 0.6 is 15.9 Å². The van der Waals surface area contributed by atoms with Gasteiger partial charge in [0.2, 0.25) is 0 Å². The van der Waals surface area contributed by atoms with Crippen LogP contribution < -0.4 is 5.32 Å². The predicted molar refractivity (Wildman–Crippen MR) is 80.7 cm³/mol. The second kappa shape index (κ2) is 6.18. The average Bonchev–Trinajstić information content (AvgIpc) is 2.41. The maximum Gasteiger partial charge on any atom is 0.0304 e. The molecule has 1 aromatic rings. The summed E-state index contributed by atoms with van der Waals surface area (Å²) in [5, 5.41) is 3.71. The van der Waals surface area contributed by atoms with E-state index < -0.39 is 0 Å². The van der Waals surface area contributed by atoms with Gasteiger partial charge >= 0.3 is 0 Å². The smallest absolute Gasteiger partial charge is 0.0304 e. The first-order valence-electron chi connectivity index (χ1n) is 6.89. The van der Waals surface area contributed by atoms with Gasteiger partial charge in [-0.1, -0.05) is 41.9 Å². The zero-order valence-electron chi connectivity index (χ0n) is 11.4. The Labute approximate surface area is 119 Å². The second-order valence-electron chi connectivity index (χ2n) is 5.25. The highest BCUT2D eigenvalue weighted by atomic mass is 79.9. The van der Waals surface area contributed by atoms with Crippen molar-refractivity contribution in [3.63, 3.8) is 0 Å². The van der Waals surface area contributed by atoms with Gasteiger partial charge in [0.1, 0.15) is 0 Å². The highest BCUT2D eigenvalue weighted by Gasteiger charge is 2.31. The molecule has 0 saturated carbocycles. The van der Waals surface area contributed by atoms with Gasteiger partial charge in [-0.25, -0.2) is 0 Å². The van der Waals surface area contributed by atoms with E-state index in [1.807, 2.05) is 0 Å². The zero-order valence-corrected chi connectivity index (χ0v) is 13.0. The Balaban J connectivity index is 1.99. The van der Waals surface area contributed by atoms with Crippen LogP contribution in [0.1, 0.15) is 32.3 Å². The molecule has 1 aliphatic heterocycles. The summed E-state index contributed by atoms with van der Waals surface area (Å²) < 4.78 is 1.16. The summed E-state index contributed by atoms with van der Waals surface area (Å²) in [6.07, 6.45) is 2.42. The first kappa shape index (κ1) is 14.0. The van der Waals surface area contributed by atoms with Gasteiger partial charge in [-0.3, -0.25) is 4.90 Å². The van der Waals surface area contributed by atoms with Gasteiger partial charge in [0.25, 0.3) is 0 Å². The Morgan fingerprint density at radius 3 is 2.50 bits per heavy atom. The van der Waals surface area contributed by atoms with E-state index in [0.717, 1.165) is 30.7 Å². The lowest BCUT2D eigenvalue weighted by Crippen LogP contribution is -2.59. The highest BCUT2D eigenvalue weighted by Crippen LogP contribution is 2.21. The third kappa shape index (κ3) is 3.34. The summed E-state index contributed by atoms with van der Waals surface area (Å²) in [5.41, 5.74) is 1.73. The summed E-state index contributed by atoms with van der Waals surface area (Å²) in [4.78, 5) is 2.58. The minimum absolute atomic E-state index is 0.327. The van der Waals surface area contributed by atoms with Crippen LogP contribution in [0.4, 0.5) is 0 Å². The van der Waals surface area contributed by atoms with Crippen LogP contribution in [0.25, 0.3) is 0 Å². The molecule has 1 fully saturated rings. The number of nitrogens with zero attached hydrogens (tertiary/aromatic N) is 1. The van der Waals surface area contributed by atoms with E-state index in [9.17, 15) is 0 Å². The third-order valence-electron chi connectivity index (χ3n) is 4.13. The average molecular weight is 311 g/mol. The molecule has 1 saturated heterocycles. The van der Waals surface area contributed by atoms with Gasteiger partial charge in [-0.2, -0.15) is 0 Å². The van der Waals surface area contributed by atoms with Gasteiger partial charge < -0.3 is 5.32 Å². The van der Waals surface area contributed by atoms with E-state index in [-0.39, 0.29) is 0 Å². The Hall–Kier alpha value is -0.380. The fraction of sp³-hybridized carbons (Fsp3) is 0.600. The quantitative estimate of drug-likeness (QED) is 0.917. The normalized spacial score (nSPS) is 19.9. The molecule has 100 valence electrons. The van der Waals surface area contributed by atoms with E-state index in [4.69, 9.17) is 0 Å². The van der Waals surface area contributed by atoms with Crippen LogP contribution in [0.2, 0.25) is 0 Å². The van der Waals surface area contributed by atoms with Crippen molar-refractivity contribution < 1.29 is 0 Å². The summed E-state index contributed by atoms with van der Waals surface area (Å²) in [6, 6.07) is 8.69. The molecule has 1 aromatic carbocycles. The molecule has 18 heavy (non-hydrogen) atoms. The van der Waals surface area contributed by atoms with Crippen molar-refractivity contribution in [2.75, 3.05) is 19.6 Å². The van der Waals surface area contributed by atoms with Crippen molar-refractivity contribution in [3.8, 4) is 0 Å². The first-order chi connectivity index (χ1) is 8.67. The molecule has 3 heteroatoms. The molecule has 1 heterocycles. The molecule has 1 N–H and O–H groups in total. The van der Waals surface area contributed by atoms with Gasteiger partial charge in [-0.05, 0) is 30.5 Å². The van der Waals surface area contributed by atoms with Gasteiger partial charge in [0.15, 0.2) is 0 Å². The predicted octanol–water partition coefficient (Wildman–Crippen LogP) is 3.41. The van der Waals surface area contributed by atoms with Crippen molar-refractivity contribution in [1.29, 1.82) is 0 Å². The number of hydrogen-bond acceptors (Lipinski definition) is 2. The van der Waals surface area contributed by atoms with Crippen molar-refractivity contribution in [3.05, 3.63) is 34.3 Å². The minimum Gasteiger partial charge on any atom is -0.309 e. The van der Waals surface area contributed by atoms with Crippen molar-refractivity contribution in [1.82, 2.24) is 10.2 Å². The number of piperazine rings is 1. The third-order valence-corrected chi connectivity index (χ3v) is 4.66. The van der Waals surface area contributed by atoms with Crippen molar-refractivity contribution >= 4 is 15.9 Å². The lowest BCUT2D eigenvalue weighted by atomic mass is 9.90. The fourth-order valence-electron chi connectivity index (χ4n) is 2.75. The van der Waals surface area contributed by atoms with E-state index in [1.165, 1.54) is 18.4 Å². The molecule has 2 rings (SSSR count). The lowest BCUT2D eigenvalue weighted by Gasteiger charge is -2.43. The Morgan fingerprint density at radius 1 is 1.22 bits per heavy atom. The van der Waals surface area contributed by atoms with Crippen LogP contribution in [0, 0.1) is 0 Å².